The number of thioether (sulfide) groups is 1. The first-order valence-corrected chi connectivity index (χ1v) is 11.0. The summed E-state index contributed by atoms with van der Waals surface area (Å²) in [6.45, 7) is 0. The molecule has 1 N–H and O–H groups in total. The number of aryl methyl sites for hydroxylation is 1. The van der Waals surface area contributed by atoms with Gasteiger partial charge in [-0.1, -0.05) is 42.5 Å². The number of unbranched alkanes of at least 4 members (excludes halogenated alkanes) is 1. The molecule has 4 heteroatoms. The highest BCUT2D eigenvalue weighted by Crippen LogP contribution is 2.46. The summed E-state index contributed by atoms with van der Waals surface area (Å²) in [6.07, 6.45) is 11.9. The molecular formula is C22H30O3S. The van der Waals surface area contributed by atoms with Crippen LogP contribution in [0.3, 0.4) is 0 Å². The molecule has 0 saturated carbocycles. The van der Waals surface area contributed by atoms with Crippen LogP contribution in [-0.2, 0) is 16.0 Å². The Hall–Kier alpha value is -1.26. The molecule has 2 bridgehead atoms. The number of hydrogen-bond acceptors (Lipinski definition) is 3. The molecule has 0 aromatic heterocycles. The molecule has 0 aliphatic carbocycles. The second kappa shape index (κ2) is 10.2. The van der Waals surface area contributed by atoms with Gasteiger partial charge in [0.15, 0.2) is 0 Å². The van der Waals surface area contributed by atoms with E-state index in [0.717, 1.165) is 25.7 Å². The maximum absolute atomic E-state index is 10.5. The fourth-order valence-corrected chi connectivity index (χ4v) is 5.51. The number of hydrogen-bond donors (Lipinski definition) is 1. The molecule has 4 atom stereocenters. The van der Waals surface area contributed by atoms with E-state index in [-0.39, 0.29) is 6.42 Å². The summed E-state index contributed by atoms with van der Waals surface area (Å²) in [4.78, 5) is 10.5. The SMILES string of the molecule is O=C(O)CCC/C=C\C[C@@H]1[C@@H](CSCCc2ccccc2)[C@@H]2CC[C@H]1O2. The van der Waals surface area contributed by atoms with Crippen LogP contribution in [-0.4, -0.2) is 34.8 Å². The number of ether oxygens (including phenoxy) is 1. The first kappa shape index (κ1) is 19.5. The van der Waals surface area contributed by atoms with E-state index in [1.807, 2.05) is 0 Å². The van der Waals surface area contributed by atoms with E-state index in [2.05, 4.69) is 54.2 Å². The van der Waals surface area contributed by atoms with E-state index >= 15 is 0 Å². The molecule has 0 unspecified atom stereocenters. The summed E-state index contributed by atoms with van der Waals surface area (Å²) in [6, 6.07) is 10.7. The smallest absolute Gasteiger partial charge is 0.303 e. The summed E-state index contributed by atoms with van der Waals surface area (Å²) in [5, 5.41) is 8.68. The number of fused-ring (bicyclic) bond motifs is 2. The van der Waals surface area contributed by atoms with Gasteiger partial charge in [0.1, 0.15) is 0 Å². The lowest BCUT2D eigenvalue weighted by atomic mass is 9.78. The number of carbonyl (C=O) groups is 1. The predicted octanol–water partition coefficient (Wildman–Crippen LogP) is 4.96. The highest BCUT2D eigenvalue weighted by Gasteiger charge is 2.47. The molecule has 2 aliphatic rings. The van der Waals surface area contributed by atoms with Crippen molar-refractivity contribution in [2.45, 2.75) is 57.2 Å². The minimum Gasteiger partial charge on any atom is -0.481 e. The van der Waals surface area contributed by atoms with Crippen LogP contribution >= 0.6 is 11.8 Å². The molecule has 2 saturated heterocycles. The Morgan fingerprint density at radius 3 is 2.69 bits per heavy atom. The van der Waals surface area contributed by atoms with E-state index in [0.29, 0.717) is 24.0 Å². The van der Waals surface area contributed by atoms with Gasteiger partial charge in [-0.05, 0) is 67.4 Å². The third-order valence-electron chi connectivity index (χ3n) is 5.61. The summed E-state index contributed by atoms with van der Waals surface area (Å²) >= 11 is 2.07. The van der Waals surface area contributed by atoms with Crippen molar-refractivity contribution >= 4 is 17.7 Å². The first-order valence-electron chi connectivity index (χ1n) is 9.88. The van der Waals surface area contributed by atoms with E-state index in [1.54, 1.807) is 0 Å². The van der Waals surface area contributed by atoms with Gasteiger partial charge in [-0.25, -0.2) is 0 Å². The maximum Gasteiger partial charge on any atom is 0.303 e. The minimum absolute atomic E-state index is 0.266. The van der Waals surface area contributed by atoms with Crippen molar-refractivity contribution < 1.29 is 14.6 Å². The van der Waals surface area contributed by atoms with E-state index in [4.69, 9.17) is 9.84 Å². The number of allylic oxidation sites excluding steroid dienone is 2. The molecule has 3 rings (SSSR count). The number of aliphatic carboxylic acids is 1. The normalized spacial score (nSPS) is 27.4. The molecule has 2 heterocycles. The lowest BCUT2D eigenvalue weighted by molar-refractivity contribution is -0.137. The van der Waals surface area contributed by atoms with Gasteiger partial charge >= 0.3 is 5.97 Å². The third-order valence-corrected chi connectivity index (χ3v) is 6.73. The van der Waals surface area contributed by atoms with E-state index in [1.165, 1.54) is 29.9 Å². The number of carboxylic acids is 1. The van der Waals surface area contributed by atoms with Crippen LogP contribution in [0.1, 0.15) is 44.1 Å². The Labute approximate surface area is 161 Å². The van der Waals surface area contributed by atoms with Crippen LogP contribution in [0.2, 0.25) is 0 Å². The minimum atomic E-state index is -0.701. The van der Waals surface area contributed by atoms with Crippen LogP contribution in [0, 0.1) is 11.8 Å². The molecule has 0 radical (unpaired) electrons. The monoisotopic (exact) mass is 374 g/mol. The lowest BCUT2D eigenvalue weighted by Gasteiger charge is -2.27. The molecule has 1 aromatic rings. The standard InChI is InChI=1S/C22H30O3S/c23-22(24)11-7-2-1-6-10-18-19(21-13-12-20(18)25-21)16-26-15-14-17-8-4-3-5-9-17/h1,3-6,8-9,18-21H,2,7,10-16H2,(H,23,24)/b6-1-/t18-,19-,20-,21+/m1/s1. The quantitative estimate of drug-likeness (QED) is 0.439. The van der Waals surface area contributed by atoms with Crippen molar-refractivity contribution in [3.05, 3.63) is 48.0 Å². The summed E-state index contributed by atoms with van der Waals surface area (Å²) in [5.41, 5.74) is 1.42. The number of carboxylic acid groups (broad SMARTS) is 1. The van der Waals surface area contributed by atoms with Crippen molar-refractivity contribution in [3.63, 3.8) is 0 Å². The second-order valence-corrected chi connectivity index (χ2v) is 8.57. The lowest BCUT2D eigenvalue weighted by Crippen LogP contribution is -2.28. The molecule has 0 spiro atoms. The van der Waals surface area contributed by atoms with E-state index < -0.39 is 5.97 Å². The van der Waals surface area contributed by atoms with Gasteiger partial charge in [-0.15, -0.1) is 0 Å². The van der Waals surface area contributed by atoms with Gasteiger partial charge in [0.25, 0.3) is 0 Å². The zero-order valence-electron chi connectivity index (χ0n) is 15.4. The van der Waals surface area contributed by atoms with Gasteiger partial charge in [0.2, 0.25) is 0 Å². The molecule has 2 aliphatic heterocycles. The average Bonchev–Trinajstić information content (AvgIpc) is 3.24. The first-order chi connectivity index (χ1) is 12.7. The molecule has 142 valence electrons. The maximum atomic E-state index is 10.5. The summed E-state index contributed by atoms with van der Waals surface area (Å²) in [7, 11) is 0. The van der Waals surface area contributed by atoms with Crippen LogP contribution in [0.25, 0.3) is 0 Å². The Kier molecular flexibility index (Phi) is 7.63. The Morgan fingerprint density at radius 1 is 1.15 bits per heavy atom. The average molecular weight is 375 g/mol. The van der Waals surface area contributed by atoms with Crippen molar-refractivity contribution in [1.82, 2.24) is 0 Å². The third kappa shape index (κ3) is 5.62. The highest BCUT2D eigenvalue weighted by atomic mass is 32.2. The van der Waals surface area contributed by atoms with Crippen molar-refractivity contribution in [2.75, 3.05) is 11.5 Å². The van der Waals surface area contributed by atoms with Gasteiger partial charge in [-0.2, -0.15) is 11.8 Å². The topological polar surface area (TPSA) is 46.5 Å². The fourth-order valence-electron chi connectivity index (χ4n) is 4.22. The zero-order chi connectivity index (χ0) is 18.2. The van der Waals surface area contributed by atoms with Gasteiger partial charge in [0.05, 0.1) is 12.2 Å². The van der Waals surface area contributed by atoms with Crippen molar-refractivity contribution in [3.8, 4) is 0 Å². The van der Waals surface area contributed by atoms with E-state index in [9.17, 15) is 4.79 Å². The Balaban J connectivity index is 1.39. The summed E-state index contributed by atoms with van der Waals surface area (Å²) < 4.78 is 6.20. The van der Waals surface area contributed by atoms with Gasteiger partial charge in [-0.3, -0.25) is 4.79 Å². The predicted molar refractivity (Wildman–Crippen MR) is 108 cm³/mol. The Bertz CT molecular complexity index is 586. The van der Waals surface area contributed by atoms with Crippen molar-refractivity contribution in [1.29, 1.82) is 0 Å². The molecule has 26 heavy (non-hydrogen) atoms. The second-order valence-electron chi connectivity index (χ2n) is 7.42. The zero-order valence-corrected chi connectivity index (χ0v) is 16.2. The Morgan fingerprint density at radius 2 is 1.92 bits per heavy atom. The molecule has 3 nitrogen and oxygen atoms in total. The largest absolute Gasteiger partial charge is 0.481 e. The fraction of sp³-hybridized carbons (Fsp3) is 0.591. The van der Waals surface area contributed by atoms with Crippen LogP contribution < -0.4 is 0 Å². The van der Waals surface area contributed by atoms with Gasteiger partial charge < -0.3 is 9.84 Å². The molecule has 1 aromatic carbocycles. The molecule has 2 fully saturated rings. The number of benzene rings is 1. The van der Waals surface area contributed by atoms with Crippen molar-refractivity contribution in [2.24, 2.45) is 11.8 Å². The van der Waals surface area contributed by atoms with Crippen LogP contribution in [0.5, 0.6) is 0 Å². The van der Waals surface area contributed by atoms with Crippen LogP contribution in [0.15, 0.2) is 42.5 Å². The van der Waals surface area contributed by atoms with Gasteiger partial charge in [0, 0.05) is 6.42 Å². The molecule has 0 amide bonds. The highest BCUT2D eigenvalue weighted by molar-refractivity contribution is 7.99. The number of rotatable bonds is 11. The molecular weight excluding hydrogens is 344 g/mol. The summed E-state index contributed by atoms with van der Waals surface area (Å²) in [5.74, 6) is 3.00. The van der Waals surface area contributed by atoms with Crippen LogP contribution in [0.4, 0.5) is 0 Å².